The molecule has 1 heterocycles. The number of hydrogen-bond acceptors (Lipinski definition) is 4. The van der Waals surface area contributed by atoms with Gasteiger partial charge in [-0.15, -0.1) is 0 Å². The van der Waals surface area contributed by atoms with Gasteiger partial charge in [0, 0.05) is 19.6 Å². The van der Waals surface area contributed by atoms with Gasteiger partial charge >= 0.3 is 0 Å². The van der Waals surface area contributed by atoms with Crippen LogP contribution >= 0.6 is 0 Å². The molecule has 2 unspecified atom stereocenters. The highest BCUT2D eigenvalue weighted by atomic mass is 16.5. The van der Waals surface area contributed by atoms with E-state index in [1.165, 1.54) is 0 Å². The molecule has 0 radical (unpaired) electrons. The number of ether oxygens (including phenoxy) is 1. The molecular formula is C17H25N3O. The van der Waals surface area contributed by atoms with Gasteiger partial charge in [-0.05, 0) is 25.5 Å². The molecule has 0 aliphatic carbocycles. The van der Waals surface area contributed by atoms with Gasteiger partial charge in [0.15, 0.2) is 0 Å². The van der Waals surface area contributed by atoms with E-state index in [1.807, 2.05) is 30.3 Å². The van der Waals surface area contributed by atoms with Crippen LogP contribution in [0.25, 0.3) is 0 Å². The number of benzene rings is 1. The molecule has 2 atom stereocenters. The molecule has 0 amide bonds. The third-order valence-electron chi connectivity index (χ3n) is 3.92. The van der Waals surface area contributed by atoms with E-state index < -0.39 is 5.54 Å². The Bertz CT molecular complexity index is 471. The monoisotopic (exact) mass is 287 g/mol. The van der Waals surface area contributed by atoms with Crippen LogP contribution < -0.4 is 5.32 Å². The quantitative estimate of drug-likeness (QED) is 0.871. The van der Waals surface area contributed by atoms with Crippen molar-refractivity contribution in [1.82, 2.24) is 10.2 Å². The number of hydrogen-bond donors (Lipinski definition) is 1. The van der Waals surface area contributed by atoms with Crippen molar-refractivity contribution in [3.05, 3.63) is 35.9 Å². The zero-order valence-electron chi connectivity index (χ0n) is 13.0. The fourth-order valence-corrected chi connectivity index (χ4v) is 2.82. The normalized spacial score (nSPS) is 22.4. The van der Waals surface area contributed by atoms with Crippen LogP contribution in [0.5, 0.6) is 0 Å². The number of morpholine rings is 1. The predicted octanol–water partition coefficient (Wildman–Crippen LogP) is 2.13. The van der Waals surface area contributed by atoms with E-state index in [0.29, 0.717) is 6.54 Å². The molecule has 1 N–H and O–H groups in total. The fourth-order valence-electron chi connectivity index (χ4n) is 2.82. The van der Waals surface area contributed by atoms with Crippen LogP contribution in [0.2, 0.25) is 0 Å². The predicted molar refractivity (Wildman–Crippen MR) is 83.9 cm³/mol. The minimum Gasteiger partial charge on any atom is -0.376 e. The molecule has 1 aliphatic heterocycles. The van der Waals surface area contributed by atoms with Gasteiger partial charge in [0.25, 0.3) is 0 Å². The average molecular weight is 287 g/mol. The summed E-state index contributed by atoms with van der Waals surface area (Å²) < 4.78 is 5.60. The summed E-state index contributed by atoms with van der Waals surface area (Å²) in [6.07, 6.45) is 1.24. The first kappa shape index (κ1) is 16.0. The molecule has 1 saturated heterocycles. The lowest BCUT2D eigenvalue weighted by molar-refractivity contribution is -0.0244. The van der Waals surface area contributed by atoms with Crippen LogP contribution in [-0.2, 0) is 10.3 Å². The van der Waals surface area contributed by atoms with E-state index in [-0.39, 0.29) is 6.10 Å². The first-order chi connectivity index (χ1) is 10.2. The first-order valence-corrected chi connectivity index (χ1v) is 7.76. The van der Waals surface area contributed by atoms with Crippen LogP contribution in [0.3, 0.4) is 0 Å². The van der Waals surface area contributed by atoms with Crippen LogP contribution in [0, 0.1) is 11.3 Å². The first-order valence-electron chi connectivity index (χ1n) is 7.76. The highest BCUT2D eigenvalue weighted by Crippen LogP contribution is 2.23. The van der Waals surface area contributed by atoms with Crippen molar-refractivity contribution in [3.63, 3.8) is 0 Å². The van der Waals surface area contributed by atoms with Gasteiger partial charge in [0.2, 0.25) is 0 Å². The van der Waals surface area contributed by atoms with Crippen LogP contribution in [0.15, 0.2) is 30.3 Å². The van der Waals surface area contributed by atoms with Gasteiger partial charge < -0.3 is 4.74 Å². The van der Waals surface area contributed by atoms with E-state index in [4.69, 9.17) is 4.74 Å². The average Bonchev–Trinajstić information content (AvgIpc) is 2.52. The second-order valence-corrected chi connectivity index (χ2v) is 5.73. The number of nitrogens with one attached hydrogen (secondary N) is 1. The lowest BCUT2D eigenvalue weighted by atomic mass is 9.90. The Labute approximate surface area is 127 Å². The smallest absolute Gasteiger partial charge is 0.145 e. The molecule has 0 aromatic heterocycles. The molecule has 1 aromatic carbocycles. The maximum absolute atomic E-state index is 9.88. The number of nitriles is 1. The molecule has 1 fully saturated rings. The molecule has 1 aliphatic rings. The molecule has 1 aromatic rings. The standard InChI is InChI=1S/C17H25N3O/c1-3-9-19-17(13-18,16-7-5-4-6-8-16)14-20-10-11-21-15(2)12-20/h4-8,15,19H,3,9-12,14H2,1-2H3. The van der Waals surface area contributed by atoms with E-state index in [9.17, 15) is 5.26 Å². The summed E-state index contributed by atoms with van der Waals surface area (Å²) in [5.41, 5.74) is 0.397. The van der Waals surface area contributed by atoms with E-state index >= 15 is 0 Å². The van der Waals surface area contributed by atoms with Crippen LogP contribution in [0.4, 0.5) is 0 Å². The number of nitrogens with zero attached hydrogens (tertiary/aromatic N) is 2. The molecule has 2 rings (SSSR count). The van der Waals surface area contributed by atoms with Crippen molar-refractivity contribution >= 4 is 0 Å². The molecule has 114 valence electrons. The highest BCUT2D eigenvalue weighted by molar-refractivity contribution is 5.32. The molecule has 4 nitrogen and oxygen atoms in total. The third kappa shape index (κ3) is 4.04. The highest BCUT2D eigenvalue weighted by Gasteiger charge is 2.35. The van der Waals surface area contributed by atoms with Crippen LogP contribution in [0.1, 0.15) is 25.8 Å². The Morgan fingerprint density at radius 1 is 1.43 bits per heavy atom. The summed E-state index contributed by atoms with van der Waals surface area (Å²) in [6, 6.07) is 12.6. The zero-order chi connectivity index (χ0) is 15.1. The second kappa shape index (κ2) is 7.56. The lowest BCUT2D eigenvalue weighted by Crippen LogP contribution is -2.54. The van der Waals surface area contributed by atoms with Crippen molar-refractivity contribution in [3.8, 4) is 6.07 Å². The van der Waals surface area contributed by atoms with Gasteiger partial charge in [-0.1, -0.05) is 37.3 Å². The van der Waals surface area contributed by atoms with Crippen molar-refractivity contribution in [2.75, 3.05) is 32.8 Å². The third-order valence-corrected chi connectivity index (χ3v) is 3.92. The topological polar surface area (TPSA) is 48.3 Å². The van der Waals surface area contributed by atoms with E-state index in [1.54, 1.807) is 0 Å². The van der Waals surface area contributed by atoms with Gasteiger partial charge in [0.1, 0.15) is 5.54 Å². The van der Waals surface area contributed by atoms with Gasteiger partial charge in [-0.3, -0.25) is 10.2 Å². The fraction of sp³-hybridized carbons (Fsp3) is 0.588. The summed E-state index contributed by atoms with van der Waals surface area (Å²) in [5.74, 6) is 0. The van der Waals surface area contributed by atoms with Gasteiger partial charge in [0.05, 0.1) is 18.8 Å². The Morgan fingerprint density at radius 2 is 2.19 bits per heavy atom. The second-order valence-electron chi connectivity index (χ2n) is 5.73. The van der Waals surface area contributed by atoms with Crippen molar-refractivity contribution < 1.29 is 4.74 Å². The zero-order valence-corrected chi connectivity index (χ0v) is 13.0. The summed E-state index contributed by atoms with van der Waals surface area (Å²) >= 11 is 0. The Hall–Kier alpha value is -1.41. The molecule has 4 heteroatoms. The van der Waals surface area contributed by atoms with Crippen molar-refractivity contribution in [1.29, 1.82) is 5.26 Å². The molecular weight excluding hydrogens is 262 g/mol. The molecule has 21 heavy (non-hydrogen) atoms. The van der Waals surface area contributed by atoms with Gasteiger partial charge in [-0.25, -0.2) is 0 Å². The maximum atomic E-state index is 9.88. The molecule has 0 saturated carbocycles. The summed E-state index contributed by atoms with van der Waals surface area (Å²) in [7, 11) is 0. The van der Waals surface area contributed by atoms with Gasteiger partial charge in [-0.2, -0.15) is 5.26 Å². The van der Waals surface area contributed by atoms with Crippen molar-refractivity contribution in [2.45, 2.75) is 31.9 Å². The largest absolute Gasteiger partial charge is 0.376 e. The lowest BCUT2D eigenvalue weighted by Gasteiger charge is -2.38. The van der Waals surface area contributed by atoms with E-state index in [2.05, 4.69) is 30.1 Å². The summed E-state index contributed by atoms with van der Waals surface area (Å²) in [4.78, 5) is 2.33. The Kier molecular flexibility index (Phi) is 5.75. The summed E-state index contributed by atoms with van der Waals surface area (Å²) in [6.45, 7) is 8.24. The SMILES string of the molecule is CCCNC(C#N)(CN1CCOC(C)C1)c1ccccc1. The summed E-state index contributed by atoms with van der Waals surface area (Å²) in [5, 5.41) is 13.4. The Balaban J connectivity index is 2.20. The molecule has 0 spiro atoms. The maximum Gasteiger partial charge on any atom is 0.145 e. The van der Waals surface area contributed by atoms with Crippen molar-refractivity contribution in [2.24, 2.45) is 0 Å². The minimum atomic E-state index is -0.645. The van der Waals surface area contributed by atoms with Crippen LogP contribution in [-0.4, -0.2) is 43.8 Å². The minimum absolute atomic E-state index is 0.233. The molecule has 0 bridgehead atoms. The van der Waals surface area contributed by atoms with E-state index in [0.717, 1.165) is 38.2 Å². The Morgan fingerprint density at radius 3 is 2.81 bits per heavy atom. The number of rotatable bonds is 6.